The highest BCUT2D eigenvalue weighted by Gasteiger charge is 2.18. The summed E-state index contributed by atoms with van der Waals surface area (Å²) >= 11 is 0. The lowest BCUT2D eigenvalue weighted by molar-refractivity contribution is 0.211. The highest BCUT2D eigenvalue weighted by Crippen LogP contribution is 2.19. The van der Waals surface area contributed by atoms with E-state index in [0.29, 0.717) is 6.04 Å². The molecule has 0 saturated heterocycles. The lowest BCUT2D eigenvalue weighted by atomic mass is 10.0. The number of nitrogens with one attached hydrogen (secondary N) is 1. The zero-order valence-corrected chi connectivity index (χ0v) is 12.3. The maximum Gasteiger partial charge on any atom is 0.0951 e. The second kappa shape index (κ2) is 8.68. The second-order valence-electron chi connectivity index (χ2n) is 4.65. The number of benzene rings is 1. The molecule has 1 aromatic carbocycles. The van der Waals surface area contributed by atoms with Gasteiger partial charge in [-0.3, -0.25) is 4.90 Å². The van der Waals surface area contributed by atoms with Crippen molar-refractivity contribution in [3.8, 4) is 6.07 Å². The minimum atomic E-state index is -0.0539. The van der Waals surface area contributed by atoms with Crippen LogP contribution in [-0.4, -0.2) is 30.6 Å². The fraction of sp³-hybridized carbons (Fsp3) is 0.562. The third kappa shape index (κ3) is 4.66. The van der Waals surface area contributed by atoms with Crippen LogP contribution in [0.5, 0.6) is 0 Å². The zero-order valence-electron chi connectivity index (χ0n) is 12.3. The molecule has 1 N–H and O–H groups in total. The van der Waals surface area contributed by atoms with E-state index in [4.69, 9.17) is 5.26 Å². The lowest BCUT2D eigenvalue weighted by Gasteiger charge is -2.31. The minimum Gasteiger partial charge on any atom is -0.300 e. The van der Waals surface area contributed by atoms with Crippen molar-refractivity contribution in [2.24, 2.45) is 0 Å². The monoisotopic (exact) mass is 259 g/mol. The summed E-state index contributed by atoms with van der Waals surface area (Å²) in [5.74, 6) is 0. The molecule has 19 heavy (non-hydrogen) atoms. The Bertz CT molecular complexity index is 379. The molecular formula is C16H25N3. The quantitative estimate of drug-likeness (QED) is 0.780. The van der Waals surface area contributed by atoms with Crippen molar-refractivity contribution in [2.75, 3.05) is 19.6 Å². The maximum absolute atomic E-state index is 9.04. The van der Waals surface area contributed by atoms with Gasteiger partial charge in [0.25, 0.3) is 0 Å². The van der Waals surface area contributed by atoms with Gasteiger partial charge in [0.2, 0.25) is 0 Å². The van der Waals surface area contributed by atoms with Gasteiger partial charge in [0.1, 0.15) is 0 Å². The van der Waals surface area contributed by atoms with E-state index in [1.165, 1.54) is 5.56 Å². The summed E-state index contributed by atoms with van der Waals surface area (Å²) in [6, 6.07) is 13.1. The molecule has 1 aromatic rings. The van der Waals surface area contributed by atoms with Crippen molar-refractivity contribution >= 4 is 0 Å². The molecule has 2 atom stereocenters. The van der Waals surface area contributed by atoms with Crippen molar-refractivity contribution in [1.29, 1.82) is 5.26 Å². The van der Waals surface area contributed by atoms with Crippen LogP contribution in [-0.2, 0) is 0 Å². The summed E-state index contributed by atoms with van der Waals surface area (Å²) in [6.07, 6.45) is 0.844. The molecule has 0 radical (unpaired) electrons. The van der Waals surface area contributed by atoms with E-state index >= 15 is 0 Å². The summed E-state index contributed by atoms with van der Waals surface area (Å²) in [6.45, 7) is 9.25. The first-order valence-electron chi connectivity index (χ1n) is 7.18. The zero-order chi connectivity index (χ0) is 14.1. The van der Waals surface area contributed by atoms with Gasteiger partial charge in [0.15, 0.2) is 0 Å². The Morgan fingerprint density at radius 1 is 1.16 bits per heavy atom. The van der Waals surface area contributed by atoms with Crippen molar-refractivity contribution in [3.05, 3.63) is 35.9 Å². The first-order valence-corrected chi connectivity index (χ1v) is 7.18. The molecule has 0 bridgehead atoms. The maximum atomic E-state index is 9.04. The minimum absolute atomic E-state index is 0.0539. The molecular weight excluding hydrogens is 234 g/mol. The van der Waals surface area contributed by atoms with Crippen molar-refractivity contribution in [3.63, 3.8) is 0 Å². The van der Waals surface area contributed by atoms with Crippen LogP contribution in [0, 0.1) is 11.3 Å². The van der Waals surface area contributed by atoms with E-state index < -0.39 is 0 Å². The summed E-state index contributed by atoms with van der Waals surface area (Å²) in [7, 11) is 0. The number of likely N-dealkylation sites (N-methyl/N-ethyl adjacent to an activating group) is 1. The third-order valence-electron chi connectivity index (χ3n) is 3.56. The molecule has 0 aromatic heterocycles. The highest BCUT2D eigenvalue weighted by atomic mass is 15.2. The van der Waals surface area contributed by atoms with E-state index in [9.17, 15) is 0 Å². The van der Waals surface area contributed by atoms with Gasteiger partial charge in [-0.2, -0.15) is 5.26 Å². The van der Waals surface area contributed by atoms with Gasteiger partial charge in [0, 0.05) is 12.6 Å². The summed E-state index contributed by atoms with van der Waals surface area (Å²) in [5.41, 5.74) is 1.31. The number of nitriles is 1. The molecule has 0 saturated carbocycles. The van der Waals surface area contributed by atoms with Gasteiger partial charge in [-0.1, -0.05) is 51.1 Å². The van der Waals surface area contributed by atoms with Crippen LogP contribution in [0.1, 0.15) is 38.8 Å². The smallest absolute Gasteiger partial charge is 0.0951 e. The van der Waals surface area contributed by atoms with E-state index in [0.717, 1.165) is 26.1 Å². The van der Waals surface area contributed by atoms with Gasteiger partial charge in [-0.05, 0) is 25.1 Å². The Morgan fingerprint density at radius 2 is 1.79 bits per heavy atom. The molecule has 3 heteroatoms. The fourth-order valence-corrected chi connectivity index (χ4v) is 2.33. The van der Waals surface area contributed by atoms with Crippen LogP contribution in [0.4, 0.5) is 0 Å². The number of nitrogens with zero attached hydrogens (tertiary/aromatic N) is 2. The topological polar surface area (TPSA) is 39.1 Å². The average molecular weight is 259 g/mol. The summed E-state index contributed by atoms with van der Waals surface area (Å²) < 4.78 is 0. The summed E-state index contributed by atoms with van der Waals surface area (Å²) in [4.78, 5) is 2.42. The predicted octanol–water partition coefficient (Wildman–Crippen LogP) is 2.96. The molecule has 0 amide bonds. The molecule has 0 spiro atoms. The van der Waals surface area contributed by atoms with Gasteiger partial charge < -0.3 is 5.32 Å². The number of rotatable bonds is 8. The summed E-state index contributed by atoms with van der Waals surface area (Å²) in [5, 5.41) is 12.4. The SMILES string of the molecule is CCC(C#N)NCC(c1ccccc1)N(CC)CC. The number of hydrogen-bond acceptors (Lipinski definition) is 3. The van der Waals surface area contributed by atoms with Crippen molar-refractivity contribution in [1.82, 2.24) is 10.2 Å². The Hall–Kier alpha value is -1.37. The first kappa shape index (κ1) is 15.7. The second-order valence-corrected chi connectivity index (χ2v) is 4.65. The average Bonchev–Trinajstić information content (AvgIpc) is 2.48. The van der Waals surface area contributed by atoms with Gasteiger partial charge in [0.05, 0.1) is 12.1 Å². The van der Waals surface area contributed by atoms with Crippen LogP contribution >= 0.6 is 0 Å². The molecule has 0 heterocycles. The van der Waals surface area contributed by atoms with Crippen molar-refractivity contribution in [2.45, 2.75) is 39.3 Å². The standard InChI is InChI=1S/C16H25N3/c1-4-15(12-17)18-13-16(19(5-2)6-3)14-10-8-7-9-11-14/h7-11,15-16,18H,4-6,13H2,1-3H3. The Balaban J connectivity index is 2.79. The normalized spacial score (nSPS) is 14.1. The fourth-order valence-electron chi connectivity index (χ4n) is 2.33. The first-order chi connectivity index (χ1) is 9.26. The lowest BCUT2D eigenvalue weighted by Crippen LogP contribution is -2.39. The largest absolute Gasteiger partial charge is 0.300 e. The molecule has 2 unspecified atom stereocenters. The van der Waals surface area contributed by atoms with Crippen LogP contribution < -0.4 is 5.32 Å². The van der Waals surface area contributed by atoms with Crippen LogP contribution in [0.2, 0.25) is 0 Å². The molecule has 0 fully saturated rings. The van der Waals surface area contributed by atoms with Crippen LogP contribution in [0.15, 0.2) is 30.3 Å². The molecule has 1 rings (SSSR count). The third-order valence-corrected chi connectivity index (χ3v) is 3.56. The molecule has 0 aliphatic heterocycles. The molecule has 0 aliphatic carbocycles. The highest BCUT2D eigenvalue weighted by molar-refractivity contribution is 5.19. The van der Waals surface area contributed by atoms with E-state index in [2.05, 4.69) is 54.4 Å². The van der Waals surface area contributed by atoms with Crippen molar-refractivity contribution < 1.29 is 0 Å². The Kier molecular flexibility index (Phi) is 7.17. The van der Waals surface area contributed by atoms with Crippen LogP contribution in [0.3, 0.4) is 0 Å². The van der Waals surface area contributed by atoms with E-state index in [1.807, 2.05) is 13.0 Å². The van der Waals surface area contributed by atoms with Crippen LogP contribution in [0.25, 0.3) is 0 Å². The molecule has 104 valence electrons. The van der Waals surface area contributed by atoms with E-state index in [1.54, 1.807) is 0 Å². The molecule has 3 nitrogen and oxygen atoms in total. The Morgan fingerprint density at radius 3 is 2.26 bits per heavy atom. The number of hydrogen-bond donors (Lipinski definition) is 1. The van der Waals surface area contributed by atoms with Gasteiger partial charge in [-0.15, -0.1) is 0 Å². The van der Waals surface area contributed by atoms with Gasteiger partial charge >= 0.3 is 0 Å². The predicted molar refractivity (Wildman–Crippen MR) is 79.8 cm³/mol. The van der Waals surface area contributed by atoms with E-state index in [-0.39, 0.29) is 6.04 Å². The van der Waals surface area contributed by atoms with Gasteiger partial charge in [-0.25, -0.2) is 0 Å². The Labute approximate surface area is 117 Å². The molecule has 0 aliphatic rings.